The molecule has 0 unspecified atom stereocenters. The van der Waals surface area contributed by atoms with Gasteiger partial charge in [0, 0.05) is 8.95 Å². The first-order valence-corrected chi connectivity index (χ1v) is 7.23. The SMILES string of the molecule is NNc1cc(Br)cc(Br)c1Br.O=S(=O)(O)O. The van der Waals surface area contributed by atoms with Gasteiger partial charge in [-0.1, -0.05) is 15.9 Å². The summed E-state index contributed by atoms with van der Waals surface area (Å²) in [5, 5.41) is 0. The van der Waals surface area contributed by atoms with Crippen LogP contribution in [-0.2, 0) is 10.4 Å². The molecule has 0 spiro atoms. The first-order chi connectivity index (χ1) is 7.15. The molecule has 0 radical (unpaired) electrons. The van der Waals surface area contributed by atoms with E-state index in [1.165, 1.54) is 0 Å². The molecule has 0 amide bonds. The van der Waals surface area contributed by atoms with E-state index in [0.717, 1.165) is 19.1 Å². The second-order valence-corrected chi connectivity index (χ2v) is 5.80. The summed E-state index contributed by atoms with van der Waals surface area (Å²) in [6.07, 6.45) is 0. The fourth-order valence-corrected chi connectivity index (χ4v) is 2.23. The van der Waals surface area contributed by atoms with Gasteiger partial charge in [0.25, 0.3) is 0 Å². The molecule has 0 fully saturated rings. The van der Waals surface area contributed by atoms with Crippen LogP contribution in [0.25, 0.3) is 0 Å². The quantitative estimate of drug-likeness (QED) is 0.230. The summed E-state index contributed by atoms with van der Waals surface area (Å²) >= 11 is 10.1. The van der Waals surface area contributed by atoms with Crippen molar-refractivity contribution in [2.45, 2.75) is 0 Å². The van der Waals surface area contributed by atoms with Gasteiger partial charge in [0.1, 0.15) is 0 Å². The number of benzene rings is 1. The van der Waals surface area contributed by atoms with Crippen molar-refractivity contribution in [1.82, 2.24) is 0 Å². The summed E-state index contributed by atoms with van der Waals surface area (Å²) in [4.78, 5) is 0. The smallest absolute Gasteiger partial charge is 0.323 e. The van der Waals surface area contributed by atoms with E-state index in [1.54, 1.807) is 0 Å². The zero-order valence-electron chi connectivity index (χ0n) is 7.49. The van der Waals surface area contributed by atoms with Crippen LogP contribution < -0.4 is 11.3 Å². The average Bonchev–Trinajstić information content (AvgIpc) is 2.08. The first kappa shape index (κ1) is 16.3. The van der Waals surface area contributed by atoms with E-state index in [-0.39, 0.29) is 0 Å². The maximum Gasteiger partial charge on any atom is 0.394 e. The Kier molecular flexibility index (Phi) is 7.01. The van der Waals surface area contributed by atoms with Crippen LogP contribution in [0.4, 0.5) is 5.69 Å². The minimum atomic E-state index is -4.67. The Morgan fingerprint density at radius 1 is 1.19 bits per heavy atom. The number of halogens is 3. The van der Waals surface area contributed by atoms with Gasteiger partial charge in [-0.25, -0.2) is 0 Å². The predicted octanol–water partition coefficient (Wildman–Crippen LogP) is 2.61. The number of nitrogens with two attached hydrogens (primary N) is 1. The van der Waals surface area contributed by atoms with Gasteiger partial charge in [-0.3, -0.25) is 14.9 Å². The Morgan fingerprint density at radius 2 is 1.62 bits per heavy atom. The summed E-state index contributed by atoms with van der Waals surface area (Å²) in [5.74, 6) is 5.27. The van der Waals surface area contributed by atoms with Crippen LogP contribution in [0.2, 0.25) is 0 Å². The first-order valence-electron chi connectivity index (χ1n) is 3.46. The zero-order valence-corrected chi connectivity index (χ0v) is 13.1. The number of anilines is 1. The summed E-state index contributed by atoms with van der Waals surface area (Å²) in [6.45, 7) is 0. The van der Waals surface area contributed by atoms with E-state index in [4.69, 9.17) is 23.4 Å². The number of nitrogen functional groups attached to an aromatic ring is 1. The van der Waals surface area contributed by atoms with Gasteiger partial charge in [-0.15, -0.1) is 0 Å². The predicted molar refractivity (Wildman–Crippen MR) is 71.5 cm³/mol. The summed E-state index contributed by atoms with van der Waals surface area (Å²) in [6, 6.07) is 3.82. The maximum atomic E-state index is 8.74. The highest BCUT2D eigenvalue weighted by atomic mass is 79.9. The van der Waals surface area contributed by atoms with Gasteiger partial charge in [0.05, 0.1) is 10.2 Å². The third-order valence-electron chi connectivity index (χ3n) is 1.15. The van der Waals surface area contributed by atoms with Crippen molar-refractivity contribution >= 4 is 63.9 Å². The molecule has 0 bridgehead atoms. The molecule has 5 N–H and O–H groups in total. The average molecular weight is 443 g/mol. The van der Waals surface area contributed by atoms with Crippen LogP contribution in [0.5, 0.6) is 0 Å². The normalized spacial score (nSPS) is 10.4. The molecule has 1 aromatic rings. The number of rotatable bonds is 1. The lowest BCUT2D eigenvalue weighted by atomic mass is 10.3. The molecule has 92 valence electrons. The molecular weight excluding hydrogens is 436 g/mol. The fraction of sp³-hybridized carbons (Fsp3) is 0. The summed E-state index contributed by atoms with van der Waals surface area (Å²) in [5.41, 5.74) is 3.41. The highest BCUT2D eigenvalue weighted by molar-refractivity contribution is 9.13. The second-order valence-electron chi connectivity index (χ2n) is 2.34. The van der Waals surface area contributed by atoms with Gasteiger partial charge < -0.3 is 5.43 Å². The van der Waals surface area contributed by atoms with Gasteiger partial charge in [-0.05, 0) is 44.0 Å². The Bertz CT molecular complexity index is 457. The maximum absolute atomic E-state index is 8.74. The topological polar surface area (TPSA) is 113 Å². The minimum Gasteiger partial charge on any atom is -0.323 e. The van der Waals surface area contributed by atoms with E-state index in [9.17, 15) is 0 Å². The molecular formula is C6H7Br3N2O4S. The highest BCUT2D eigenvalue weighted by Gasteiger charge is 2.03. The van der Waals surface area contributed by atoms with Crippen molar-refractivity contribution in [2.75, 3.05) is 5.43 Å². The number of hydrazine groups is 1. The number of hydrogen-bond acceptors (Lipinski definition) is 4. The van der Waals surface area contributed by atoms with Gasteiger partial charge >= 0.3 is 10.4 Å². The molecule has 6 nitrogen and oxygen atoms in total. The largest absolute Gasteiger partial charge is 0.394 e. The number of nitrogens with one attached hydrogen (secondary N) is 1. The number of hydrogen-bond donors (Lipinski definition) is 4. The molecule has 1 rings (SSSR count). The van der Waals surface area contributed by atoms with Crippen LogP contribution in [0.1, 0.15) is 0 Å². The molecule has 1 aromatic carbocycles. The van der Waals surface area contributed by atoms with Crippen LogP contribution in [0.3, 0.4) is 0 Å². The van der Waals surface area contributed by atoms with E-state index in [0.29, 0.717) is 0 Å². The molecule has 0 saturated heterocycles. The standard InChI is InChI=1S/C6H5Br3N2.H2O4S/c7-3-1-4(8)6(9)5(2-3)11-10;1-5(2,3)4/h1-2,11H,10H2;(H2,1,2,3,4). The molecule has 0 saturated carbocycles. The monoisotopic (exact) mass is 440 g/mol. The molecule has 0 aliphatic carbocycles. The summed E-state index contributed by atoms with van der Waals surface area (Å²) < 4.78 is 34.4. The lowest BCUT2D eigenvalue weighted by Gasteiger charge is -2.05. The Morgan fingerprint density at radius 3 is 2.00 bits per heavy atom. The van der Waals surface area contributed by atoms with Crippen molar-refractivity contribution in [2.24, 2.45) is 5.84 Å². The molecule has 0 atom stereocenters. The van der Waals surface area contributed by atoms with E-state index < -0.39 is 10.4 Å². The zero-order chi connectivity index (χ0) is 12.9. The Hall–Kier alpha value is 0.290. The lowest BCUT2D eigenvalue weighted by molar-refractivity contribution is 0.381. The van der Waals surface area contributed by atoms with Crippen LogP contribution in [0.15, 0.2) is 25.6 Å². The molecule has 16 heavy (non-hydrogen) atoms. The Labute approximate surface area is 118 Å². The van der Waals surface area contributed by atoms with E-state index >= 15 is 0 Å². The van der Waals surface area contributed by atoms with Crippen LogP contribution >= 0.6 is 47.8 Å². The molecule has 0 heterocycles. The van der Waals surface area contributed by atoms with Crippen molar-refractivity contribution in [3.63, 3.8) is 0 Å². The van der Waals surface area contributed by atoms with Crippen molar-refractivity contribution in [3.8, 4) is 0 Å². The molecule has 10 heteroatoms. The minimum absolute atomic E-state index is 0.839. The molecule has 0 aliphatic heterocycles. The Balaban J connectivity index is 0.000000385. The van der Waals surface area contributed by atoms with E-state index in [2.05, 4.69) is 53.2 Å². The molecule has 0 aromatic heterocycles. The lowest BCUT2D eigenvalue weighted by Crippen LogP contribution is -2.07. The summed E-state index contributed by atoms with van der Waals surface area (Å²) in [7, 11) is -4.67. The van der Waals surface area contributed by atoms with Gasteiger partial charge in [-0.2, -0.15) is 8.42 Å². The van der Waals surface area contributed by atoms with Crippen LogP contribution in [0, 0.1) is 0 Å². The van der Waals surface area contributed by atoms with Crippen LogP contribution in [-0.4, -0.2) is 17.5 Å². The van der Waals surface area contributed by atoms with Gasteiger partial charge in [0.15, 0.2) is 0 Å². The fourth-order valence-electron chi connectivity index (χ4n) is 0.661. The highest BCUT2D eigenvalue weighted by Crippen LogP contribution is 2.33. The van der Waals surface area contributed by atoms with Crippen molar-refractivity contribution in [3.05, 3.63) is 25.6 Å². The third-order valence-corrected chi connectivity index (χ3v) is 3.62. The van der Waals surface area contributed by atoms with E-state index in [1.807, 2.05) is 12.1 Å². The van der Waals surface area contributed by atoms with Crippen molar-refractivity contribution in [1.29, 1.82) is 0 Å². The second kappa shape index (κ2) is 6.89. The molecule has 0 aliphatic rings. The third kappa shape index (κ3) is 7.54. The van der Waals surface area contributed by atoms with Crippen molar-refractivity contribution < 1.29 is 17.5 Å². The van der Waals surface area contributed by atoms with Gasteiger partial charge in [0.2, 0.25) is 0 Å².